The number of carbonyl (C=O) groups excluding carboxylic acids is 3. The van der Waals surface area contributed by atoms with Crippen LogP contribution in [0.5, 0.6) is 5.75 Å². The summed E-state index contributed by atoms with van der Waals surface area (Å²) in [6, 6.07) is 15.2. The van der Waals surface area contributed by atoms with E-state index in [0.717, 1.165) is 42.6 Å². The molecule has 0 saturated carbocycles. The van der Waals surface area contributed by atoms with Gasteiger partial charge in [0, 0.05) is 11.1 Å². The Morgan fingerprint density at radius 3 is 1.76 bits per heavy atom. The molecule has 0 N–H and O–H groups in total. The van der Waals surface area contributed by atoms with Crippen molar-refractivity contribution in [3.05, 3.63) is 66.2 Å². The largest absolute Gasteiger partial charge is 0.494 e. The van der Waals surface area contributed by atoms with Crippen LogP contribution in [0.25, 0.3) is 11.1 Å². The Hall–Kier alpha value is -3.69. The lowest BCUT2D eigenvalue weighted by atomic mass is 10.0. The van der Waals surface area contributed by atoms with Crippen molar-refractivity contribution >= 4 is 17.9 Å². The van der Waals surface area contributed by atoms with Gasteiger partial charge in [-0.05, 0) is 55.9 Å². The highest BCUT2D eigenvalue weighted by atomic mass is 16.8. The molecular formula is C29H34O9. The van der Waals surface area contributed by atoms with Crippen LogP contribution in [0.1, 0.15) is 44.5 Å². The molecule has 1 fully saturated rings. The van der Waals surface area contributed by atoms with Gasteiger partial charge in [-0.3, -0.25) is 0 Å². The summed E-state index contributed by atoms with van der Waals surface area (Å²) in [4.78, 5) is 35.3. The minimum atomic E-state index is -1.20. The highest BCUT2D eigenvalue weighted by Gasteiger charge is 2.47. The van der Waals surface area contributed by atoms with E-state index < -0.39 is 30.4 Å². The van der Waals surface area contributed by atoms with Gasteiger partial charge >= 0.3 is 17.9 Å². The van der Waals surface area contributed by atoms with Crippen LogP contribution in [0.15, 0.2) is 60.7 Å². The molecule has 3 rings (SSSR count). The maximum Gasteiger partial charge on any atom is 0.338 e. The summed E-state index contributed by atoms with van der Waals surface area (Å²) in [7, 11) is 2.43. The molecule has 204 valence electrons. The second-order valence-corrected chi connectivity index (χ2v) is 8.82. The molecular weight excluding hydrogens is 492 g/mol. The van der Waals surface area contributed by atoms with E-state index in [1.54, 1.807) is 6.92 Å². The SMILES string of the molecule is C=C(C)C(=O)OCCCCCCOc1ccc(-c2ccc(C3O[C@@H](C(=O)OC)[C@H](C(=O)OC)O3)cc2)cc1. The third-order valence-corrected chi connectivity index (χ3v) is 5.94. The number of methoxy groups -OCH3 is 2. The predicted molar refractivity (Wildman–Crippen MR) is 138 cm³/mol. The molecule has 0 bridgehead atoms. The van der Waals surface area contributed by atoms with Crippen LogP contribution in [0.4, 0.5) is 0 Å². The Morgan fingerprint density at radius 1 is 0.763 bits per heavy atom. The number of benzene rings is 2. The van der Waals surface area contributed by atoms with Gasteiger partial charge in [-0.25, -0.2) is 14.4 Å². The van der Waals surface area contributed by atoms with Crippen molar-refractivity contribution < 1.29 is 42.8 Å². The first-order chi connectivity index (χ1) is 18.3. The summed E-state index contributed by atoms with van der Waals surface area (Å²) in [5.41, 5.74) is 3.05. The van der Waals surface area contributed by atoms with Crippen molar-refractivity contribution in [2.75, 3.05) is 27.4 Å². The lowest BCUT2D eigenvalue weighted by Gasteiger charge is -2.12. The second kappa shape index (κ2) is 14.3. The number of hydrogen-bond acceptors (Lipinski definition) is 9. The summed E-state index contributed by atoms with van der Waals surface area (Å²) in [5, 5.41) is 0. The van der Waals surface area contributed by atoms with Crippen molar-refractivity contribution in [2.45, 2.75) is 51.1 Å². The lowest BCUT2D eigenvalue weighted by molar-refractivity contribution is -0.160. The average molecular weight is 527 g/mol. The van der Waals surface area contributed by atoms with E-state index in [2.05, 4.69) is 6.58 Å². The number of hydrogen-bond donors (Lipinski definition) is 0. The summed E-state index contributed by atoms with van der Waals surface area (Å²) < 4.78 is 31.6. The Morgan fingerprint density at radius 2 is 1.26 bits per heavy atom. The molecule has 38 heavy (non-hydrogen) atoms. The molecule has 9 nitrogen and oxygen atoms in total. The first-order valence-electron chi connectivity index (χ1n) is 12.5. The zero-order valence-electron chi connectivity index (χ0n) is 22.0. The van der Waals surface area contributed by atoms with E-state index in [-0.39, 0.29) is 5.97 Å². The Labute approximate surface area is 222 Å². The van der Waals surface area contributed by atoms with Crippen LogP contribution in [0.3, 0.4) is 0 Å². The van der Waals surface area contributed by atoms with Gasteiger partial charge < -0.3 is 28.4 Å². The minimum absolute atomic E-state index is 0.341. The van der Waals surface area contributed by atoms with E-state index >= 15 is 0 Å². The molecule has 1 saturated heterocycles. The quantitative estimate of drug-likeness (QED) is 0.161. The van der Waals surface area contributed by atoms with Gasteiger partial charge in [-0.1, -0.05) is 43.0 Å². The third-order valence-electron chi connectivity index (χ3n) is 5.94. The normalized spacial score (nSPS) is 17.0. The highest BCUT2D eigenvalue weighted by Crippen LogP contribution is 2.34. The van der Waals surface area contributed by atoms with Crippen LogP contribution in [-0.4, -0.2) is 57.5 Å². The molecule has 2 aromatic carbocycles. The Balaban J connectivity index is 1.45. The summed E-state index contributed by atoms with van der Waals surface area (Å²) >= 11 is 0. The van der Waals surface area contributed by atoms with Crippen molar-refractivity contribution in [3.63, 3.8) is 0 Å². The lowest BCUT2D eigenvalue weighted by Crippen LogP contribution is -2.38. The van der Waals surface area contributed by atoms with Gasteiger partial charge in [0.2, 0.25) is 0 Å². The maximum atomic E-state index is 12.0. The Bertz CT molecular complexity index is 1070. The van der Waals surface area contributed by atoms with Crippen LogP contribution >= 0.6 is 0 Å². The van der Waals surface area contributed by atoms with Crippen molar-refractivity contribution in [1.82, 2.24) is 0 Å². The van der Waals surface area contributed by atoms with E-state index in [9.17, 15) is 14.4 Å². The van der Waals surface area contributed by atoms with Gasteiger partial charge in [-0.15, -0.1) is 0 Å². The van der Waals surface area contributed by atoms with E-state index in [4.69, 9.17) is 28.4 Å². The van der Waals surface area contributed by atoms with Gasteiger partial charge in [0.15, 0.2) is 18.5 Å². The topological polar surface area (TPSA) is 107 Å². The van der Waals surface area contributed by atoms with E-state index in [1.165, 1.54) is 14.2 Å². The fraction of sp³-hybridized carbons (Fsp3) is 0.414. The molecule has 0 spiro atoms. The van der Waals surface area contributed by atoms with Gasteiger partial charge in [0.25, 0.3) is 0 Å². The van der Waals surface area contributed by atoms with Crippen molar-refractivity contribution in [1.29, 1.82) is 0 Å². The fourth-order valence-electron chi connectivity index (χ4n) is 3.80. The van der Waals surface area contributed by atoms with Gasteiger partial charge in [0.05, 0.1) is 27.4 Å². The average Bonchev–Trinajstić information content (AvgIpc) is 3.39. The van der Waals surface area contributed by atoms with E-state index in [1.807, 2.05) is 48.5 Å². The zero-order chi connectivity index (χ0) is 27.5. The molecule has 1 aliphatic heterocycles. The first-order valence-corrected chi connectivity index (χ1v) is 12.5. The molecule has 1 heterocycles. The molecule has 0 radical (unpaired) electrons. The summed E-state index contributed by atoms with van der Waals surface area (Å²) in [6.45, 7) is 6.22. The van der Waals surface area contributed by atoms with Crippen LogP contribution in [0.2, 0.25) is 0 Å². The molecule has 2 atom stereocenters. The molecule has 9 heteroatoms. The molecule has 0 aliphatic carbocycles. The number of unbranched alkanes of at least 4 members (excludes halogenated alkanes) is 3. The van der Waals surface area contributed by atoms with Crippen LogP contribution in [-0.2, 0) is 38.1 Å². The highest BCUT2D eigenvalue weighted by molar-refractivity contribution is 5.87. The third kappa shape index (κ3) is 7.90. The zero-order valence-corrected chi connectivity index (χ0v) is 22.0. The standard InChI is InChI=1S/C29H34O9/c1-19(2)26(30)36-18-8-6-5-7-17-35-23-15-13-21(14-16-23)20-9-11-22(12-10-20)29-37-24(27(31)33-3)25(38-29)28(32)34-4/h9-16,24-25,29H,1,5-8,17-18H2,2-4H3/t24-,25-/m1/s1. The van der Waals surface area contributed by atoms with Gasteiger partial charge in [0.1, 0.15) is 5.75 Å². The number of rotatable bonds is 13. The number of ether oxygens (including phenoxy) is 6. The van der Waals surface area contributed by atoms with Crippen LogP contribution < -0.4 is 4.74 Å². The maximum absolute atomic E-state index is 12.0. The number of esters is 3. The monoisotopic (exact) mass is 526 g/mol. The molecule has 1 aliphatic rings. The van der Waals surface area contributed by atoms with Crippen molar-refractivity contribution in [3.8, 4) is 16.9 Å². The summed E-state index contributed by atoms with van der Waals surface area (Å²) in [5.74, 6) is -0.963. The minimum Gasteiger partial charge on any atom is -0.494 e. The molecule has 0 unspecified atom stereocenters. The molecule has 2 aromatic rings. The van der Waals surface area contributed by atoms with Gasteiger partial charge in [-0.2, -0.15) is 0 Å². The molecule has 0 aromatic heterocycles. The van der Waals surface area contributed by atoms with Crippen molar-refractivity contribution in [2.24, 2.45) is 0 Å². The second-order valence-electron chi connectivity index (χ2n) is 8.82. The number of carbonyl (C=O) groups is 3. The fourth-order valence-corrected chi connectivity index (χ4v) is 3.80. The molecule has 0 amide bonds. The van der Waals surface area contributed by atoms with E-state index in [0.29, 0.717) is 24.4 Å². The van der Waals surface area contributed by atoms with Crippen LogP contribution in [0, 0.1) is 0 Å². The summed E-state index contributed by atoms with van der Waals surface area (Å²) in [6.07, 6.45) is 0.390. The first kappa shape index (κ1) is 28.9. The Kier molecular flexibility index (Phi) is 10.9. The predicted octanol–water partition coefficient (Wildman–Crippen LogP) is 4.54. The smallest absolute Gasteiger partial charge is 0.338 e.